The smallest absolute Gasteiger partial charge is 0.0991 e. The Labute approximate surface area is 388 Å². The van der Waals surface area contributed by atoms with Crippen LogP contribution in [-0.2, 0) is 0 Å². The van der Waals surface area contributed by atoms with Gasteiger partial charge in [-0.2, -0.15) is 5.26 Å². The molecule has 2 heteroatoms. The molecule has 0 atom stereocenters. The van der Waals surface area contributed by atoms with E-state index in [9.17, 15) is 5.26 Å². The van der Waals surface area contributed by atoms with E-state index in [1.165, 1.54) is 97.7 Å². The summed E-state index contributed by atoms with van der Waals surface area (Å²) < 4.78 is 0. The summed E-state index contributed by atoms with van der Waals surface area (Å²) in [6.45, 7) is 0. The van der Waals surface area contributed by atoms with Crippen LogP contribution in [0.1, 0.15) is 5.56 Å². The molecule has 0 aliphatic rings. The zero-order valence-corrected chi connectivity index (χ0v) is 36.5. The summed E-state index contributed by atoms with van der Waals surface area (Å²) in [5.41, 5.74) is 10.9. The Bertz CT molecular complexity index is 4160. The molecule has 0 amide bonds. The summed E-state index contributed by atoms with van der Waals surface area (Å²) in [7, 11) is 0. The van der Waals surface area contributed by atoms with Crippen molar-refractivity contribution in [1.82, 2.24) is 0 Å². The van der Waals surface area contributed by atoms with Gasteiger partial charge in [0.1, 0.15) is 0 Å². The van der Waals surface area contributed by atoms with Crippen LogP contribution in [0.5, 0.6) is 0 Å². The molecule has 0 heterocycles. The maximum Gasteiger partial charge on any atom is 0.0991 e. The minimum atomic E-state index is 0.634. The van der Waals surface area contributed by atoms with Gasteiger partial charge < -0.3 is 4.90 Å². The Morgan fingerprint density at radius 2 is 0.687 bits per heavy atom. The van der Waals surface area contributed by atoms with Crippen LogP contribution in [0, 0.1) is 11.3 Å². The summed E-state index contributed by atoms with van der Waals surface area (Å²) in [4.78, 5) is 2.27. The van der Waals surface area contributed by atoms with Crippen LogP contribution < -0.4 is 4.90 Å². The van der Waals surface area contributed by atoms with Gasteiger partial charge in [0, 0.05) is 17.1 Å². The zero-order valence-electron chi connectivity index (χ0n) is 36.5. The zero-order chi connectivity index (χ0) is 44.4. The molecule has 13 aromatic carbocycles. The van der Waals surface area contributed by atoms with Gasteiger partial charge in [0.2, 0.25) is 0 Å². The largest absolute Gasteiger partial charge is 0.310 e. The van der Waals surface area contributed by atoms with Crippen molar-refractivity contribution in [3.63, 3.8) is 0 Å². The van der Waals surface area contributed by atoms with Gasteiger partial charge >= 0.3 is 0 Å². The van der Waals surface area contributed by atoms with Crippen LogP contribution in [-0.4, -0.2) is 0 Å². The molecule has 310 valence electrons. The summed E-state index contributed by atoms with van der Waals surface area (Å²) in [5, 5.41) is 26.9. The number of nitriles is 1. The Morgan fingerprint density at radius 3 is 1.25 bits per heavy atom. The van der Waals surface area contributed by atoms with Crippen molar-refractivity contribution >= 4 is 92.5 Å². The average Bonchev–Trinajstić information content (AvgIpc) is 3.40. The third-order valence-electron chi connectivity index (χ3n) is 13.8. The van der Waals surface area contributed by atoms with Crippen molar-refractivity contribution in [2.45, 2.75) is 0 Å². The monoisotopic (exact) mass is 848 g/mol. The number of anilines is 3. The normalized spacial score (nSPS) is 11.6. The summed E-state index contributed by atoms with van der Waals surface area (Å²) in [6, 6.07) is 90.4. The fraction of sp³-hybridized carbons (Fsp3) is 0. The summed E-state index contributed by atoms with van der Waals surface area (Å²) >= 11 is 0. The molecule has 0 saturated heterocycles. The van der Waals surface area contributed by atoms with Crippen LogP contribution in [0.2, 0.25) is 0 Å². The SMILES string of the molecule is N#Cc1ccc(N(c2ccc(-c3ccc4c(-c5cc6ccccc6c6ccccc56)c5ccccc5c(-c5cc6ccccc6c6ccccc56)c4c3)cc2)c2ccc3ccccc3c2)cc1. The number of benzene rings is 13. The molecule has 0 aromatic heterocycles. The van der Waals surface area contributed by atoms with E-state index >= 15 is 0 Å². The molecule has 0 radical (unpaired) electrons. The Kier molecular flexibility index (Phi) is 8.95. The molecular weight excluding hydrogens is 809 g/mol. The summed E-state index contributed by atoms with van der Waals surface area (Å²) in [5.74, 6) is 0. The first-order chi connectivity index (χ1) is 33.2. The lowest BCUT2D eigenvalue weighted by molar-refractivity contribution is 1.29. The van der Waals surface area contributed by atoms with Crippen molar-refractivity contribution in [2.24, 2.45) is 0 Å². The van der Waals surface area contributed by atoms with E-state index in [0.717, 1.165) is 28.2 Å². The molecule has 13 aromatic rings. The second-order valence-corrected chi connectivity index (χ2v) is 17.5. The molecule has 2 nitrogen and oxygen atoms in total. The fourth-order valence-electron chi connectivity index (χ4n) is 10.7. The quantitative estimate of drug-likeness (QED) is 0.123. The van der Waals surface area contributed by atoms with Gasteiger partial charge in [-0.05, 0) is 176 Å². The van der Waals surface area contributed by atoms with Crippen LogP contribution in [0.4, 0.5) is 17.1 Å². The first-order valence-electron chi connectivity index (χ1n) is 22.9. The number of hydrogen-bond donors (Lipinski definition) is 0. The van der Waals surface area contributed by atoms with E-state index in [0.29, 0.717) is 5.56 Å². The van der Waals surface area contributed by atoms with E-state index in [1.807, 2.05) is 24.3 Å². The van der Waals surface area contributed by atoms with E-state index in [-0.39, 0.29) is 0 Å². The lowest BCUT2D eigenvalue weighted by atomic mass is 9.81. The highest BCUT2D eigenvalue weighted by Gasteiger charge is 2.22. The highest BCUT2D eigenvalue weighted by molar-refractivity contribution is 6.28. The van der Waals surface area contributed by atoms with Crippen molar-refractivity contribution < 1.29 is 0 Å². The lowest BCUT2D eigenvalue weighted by Gasteiger charge is -2.26. The minimum absolute atomic E-state index is 0.634. The maximum atomic E-state index is 9.64. The van der Waals surface area contributed by atoms with Gasteiger partial charge in [0.25, 0.3) is 0 Å². The van der Waals surface area contributed by atoms with Gasteiger partial charge in [0.15, 0.2) is 0 Å². The van der Waals surface area contributed by atoms with Crippen molar-refractivity contribution in [2.75, 3.05) is 4.90 Å². The number of fused-ring (bicyclic) bond motifs is 9. The topological polar surface area (TPSA) is 27.0 Å². The van der Waals surface area contributed by atoms with Crippen molar-refractivity contribution in [1.29, 1.82) is 5.26 Å². The van der Waals surface area contributed by atoms with E-state index < -0.39 is 0 Å². The lowest BCUT2D eigenvalue weighted by Crippen LogP contribution is -2.09. The van der Waals surface area contributed by atoms with Gasteiger partial charge in [-0.3, -0.25) is 0 Å². The predicted octanol–water partition coefficient (Wildman–Crippen LogP) is 18.1. The minimum Gasteiger partial charge on any atom is -0.310 e. The van der Waals surface area contributed by atoms with E-state index in [2.05, 4.69) is 229 Å². The second kappa shape index (κ2) is 15.6. The Morgan fingerprint density at radius 1 is 0.269 bits per heavy atom. The van der Waals surface area contributed by atoms with Crippen LogP contribution in [0.3, 0.4) is 0 Å². The maximum absolute atomic E-state index is 9.64. The number of nitrogens with zero attached hydrogens (tertiary/aromatic N) is 2. The molecule has 0 aliphatic heterocycles. The van der Waals surface area contributed by atoms with Crippen molar-refractivity contribution in [3.05, 3.63) is 248 Å². The van der Waals surface area contributed by atoms with E-state index in [1.54, 1.807) is 0 Å². The average molecular weight is 849 g/mol. The molecule has 0 N–H and O–H groups in total. The molecule has 0 unspecified atom stereocenters. The van der Waals surface area contributed by atoms with E-state index in [4.69, 9.17) is 0 Å². The van der Waals surface area contributed by atoms with Crippen LogP contribution in [0.15, 0.2) is 243 Å². The second-order valence-electron chi connectivity index (χ2n) is 17.5. The highest BCUT2D eigenvalue weighted by Crippen LogP contribution is 2.49. The number of hydrogen-bond acceptors (Lipinski definition) is 2. The third-order valence-corrected chi connectivity index (χ3v) is 13.8. The molecular formula is C65H40N2. The number of rotatable bonds is 6. The molecule has 0 spiro atoms. The van der Waals surface area contributed by atoms with Crippen molar-refractivity contribution in [3.8, 4) is 39.4 Å². The Balaban J connectivity index is 1.06. The third kappa shape index (κ3) is 6.33. The van der Waals surface area contributed by atoms with Gasteiger partial charge in [0.05, 0.1) is 11.6 Å². The first kappa shape index (κ1) is 38.4. The molecule has 0 saturated carbocycles. The first-order valence-corrected chi connectivity index (χ1v) is 22.9. The van der Waals surface area contributed by atoms with Gasteiger partial charge in [-0.1, -0.05) is 176 Å². The molecule has 13 rings (SSSR count). The van der Waals surface area contributed by atoms with Gasteiger partial charge in [-0.15, -0.1) is 0 Å². The Hall–Kier alpha value is -9.03. The van der Waals surface area contributed by atoms with Gasteiger partial charge in [-0.25, -0.2) is 0 Å². The van der Waals surface area contributed by atoms with Crippen LogP contribution >= 0.6 is 0 Å². The molecule has 0 bridgehead atoms. The highest BCUT2D eigenvalue weighted by atomic mass is 15.1. The van der Waals surface area contributed by atoms with Crippen LogP contribution in [0.25, 0.3) is 109 Å². The fourth-order valence-corrected chi connectivity index (χ4v) is 10.7. The standard InChI is InChI=1S/C65H40N2/c66-41-42-25-31-49(32-26-42)67(51-35-29-43-13-1-2-14-45(43)37-51)50-33-27-44(28-34-50)46-30-36-60-63(38-46)65(62-40-48-16-4-6-18-53(48)55-20-8-10-22-57(55)62)59-24-12-11-23-58(59)64(60)61-39-47-15-3-5-17-52(47)54-19-7-9-21-56(54)61/h1-40H. The molecule has 0 aliphatic carbocycles. The molecule has 0 fully saturated rings. The summed E-state index contributed by atoms with van der Waals surface area (Å²) in [6.07, 6.45) is 0. The molecule has 67 heavy (non-hydrogen) atoms. The predicted molar refractivity (Wildman–Crippen MR) is 285 cm³/mol.